The molecule has 0 radical (unpaired) electrons. The first-order chi connectivity index (χ1) is 8.85. The molecular weight excluding hydrogens is 251 g/mol. The average Bonchev–Trinajstić information content (AvgIpc) is 2.72. The second-order valence-electron chi connectivity index (χ2n) is 5.04. The molecule has 1 saturated heterocycles. The highest BCUT2D eigenvalue weighted by molar-refractivity contribution is 5.99. The molecule has 0 saturated carbocycles. The molecule has 5 nitrogen and oxygen atoms in total. The second kappa shape index (κ2) is 4.53. The number of hydrogen-bond acceptors (Lipinski definition) is 3. The van der Waals surface area contributed by atoms with Gasteiger partial charge in [0.05, 0.1) is 16.7 Å². The summed E-state index contributed by atoms with van der Waals surface area (Å²) in [6, 6.07) is 4.22. The highest BCUT2D eigenvalue weighted by atomic mass is 19.1. The normalized spacial score (nSPS) is 22.5. The number of benzene rings is 1. The van der Waals surface area contributed by atoms with Crippen molar-refractivity contribution >= 4 is 17.6 Å². The third-order valence-corrected chi connectivity index (χ3v) is 3.57. The quantitative estimate of drug-likeness (QED) is 0.861. The second-order valence-corrected chi connectivity index (χ2v) is 5.04. The number of nitrogens with zero attached hydrogens (tertiary/aromatic N) is 1. The van der Waals surface area contributed by atoms with Crippen LogP contribution in [-0.4, -0.2) is 30.1 Å². The Labute approximate surface area is 109 Å². The number of primary amides is 1. The van der Waals surface area contributed by atoms with Gasteiger partial charge in [-0.3, -0.25) is 9.59 Å². The van der Waals surface area contributed by atoms with Gasteiger partial charge in [0.2, 0.25) is 0 Å². The Hall–Kier alpha value is -2.11. The van der Waals surface area contributed by atoms with Crippen molar-refractivity contribution in [3.05, 3.63) is 29.6 Å². The molecule has 3 N–H and O–H groups in total. The van der Waals surface area contributed by atoms with Gasteiger partial charge in [-0.05, 0) is 25.5 Å². The maximum atomic E-state index is 13.7. The highest BCUT2D eigenvalue weighted by Crippen LogP contribution is 2.35. The predicted octanol–water partition coefficient (Wildman–Crippen LogP) is 1.23. The van der Waals surface area contributed by atoms with E-state index in [1.54, 1.807) is 17.9 Å². The largest absolute Gasteiger partial charge is 0.481 e. The van der Waals surface area contributed by atoms with Crippen molar-refractivity contribution in [2.45, 2.75) is 13.3 Å². The lowest BCUT2D eigenvalue weighted by Crippen LogP contribution is -2.32. The number of carboxylic acids is 1. The lowest BCUT2D eigenvalue weighted by atomic mass is 9.90. The minimum atomic E-state index is -0.896. The molecule has 6 heteroatoms. The first kappa shape index (κ1) is 13.3. The highest BCUT2D eigenvalue weighted by Gasteiger charge is 2.41. The van der Waals surface area contributed by atoms with Crippen molar-refractivity contribution < 1.29 is 19.1 Å². The van der Waals surface area contributed by atoms with Crippen LogP contribution in [0.4, 0.5) is 10.1 Å². The molecule has 1 heterocycles. The molecule has 1 aliphatic rings. The van der Waals surface area contributed by atoms with Gasteiger partial charge < -0.3 is 15.7 Å². The minimum Gasteiger partial charge on any atom is -0.481 e. The Balaban J connectivity index is 2.37. The van der Waals surface area contributed by atoms with Gasteiger partial charge in [0.25, 0.3) is 5.91 Å². The van der Waals surface area contributed by atoms with E-state index in [4.69, 9.17) is 5.73 Å². The van der Waals surface area contributed by atoms with Crippen molar-refractivity contribution in [2.24, 2.45) is 11.1 Å². The lowest BCUT2D eigenvalue weighted by Gasteiger charge is -2.23. The summed E-state index contributed by atoms with van der Waals surface area (Å²) in [5.74, 6) is -2.43. The zero-order valence-electron chi connectivity index (χ0n) is 10.5. The van der Waals surface area contributed by atoms with E-state index in [0.29, 0.717) is 18.7 Å². The fourth-order valence-corrected chi connectivity index (χ4v) is 2.36. The van der Waals surface area contributed by atoms with Crippen LogP contribution in [0.15, 0.2) is 18.2 Å². The number of carbonyl (C=O) groups excluding carboxylic acids is 1. The van der Waals surface area contributed by atoms with Crippen LogP contribution < -0.4 is 10.6 Å². The third kappa shape index (κ3) is 2.25. The molecule has 1 atom stereocenters. The van der Waals surface area contributed by atoms with E-state index in [0.717, 1.165) is 6.07 Å². The fraction of sp³-hybridized carbons (Fsp3) is 0.385. The molecule has 0 bridgehead atoms. The van der Waals surface area contributed by atoms with Gasteiger partial charge in [0.15, 0.2) is 0 Å². The summed E-state index contributed by atoms with van der Waals surface area (Å²) in [5.41, 5.74) is 4.48. The van der Waals surface area contributed by atoms with E-state index >= 15 is 0 Å². The zero-order valence-corrected chi connectivity index (χ0v) is 10.5. The van der Waals surface area contributed by atoms with Gasteiger partial charge in [-0.2, -0.15) is 0 Å². The molecular formula is C13H15FN2O3. The van der Waals surface area contributed by atoms with Crippen LogP contribution in [0.25, 0.3) is 0 Å². The standard InChI is InChI=1S/C13H15FN2O3/c1-13(12(18)19)5-6-16(7-13)9-4-2-3-8(14)10(9)11(15)17/h2-4H,5-7H2,1H3,(H2,15,17)(H,18,19). The number of anilines is 1. The SMILES string of the molecule is CC1(C(=O)O)CCN(c2cccc(F)c2C(N)=O)C1. The van der Waals surface area contributed by atoms with Gasteiger partial charge >= 0.3 is 5.97 Å². The first-order valence-electron chi connectivity index (χ1n) is 5.92. The van der Waals surface area contributed by atoms with Gasteiger partial charge in [-0.1, -0.05) is 6.07 Å². The molecule has 1 aliphatic heterocycles. The molecule has 0 aliphatic carbocycles. The summed E-state index contributed by atoms with van der Waals surface area (Å²) in [4.78, 5) is 24.2. The zero-order chi connectivity index (χ0) is 14.2. The molecule has 102 valence electrons. The van der Waals surface area contributed by atoms with Crippen molar-refractivity contribution in [2.75, 3.05) is 18.0 Å². The minimum absolute atomic E-state index is 0.183. The molecule has 1 aromatic carbocycles. The average molecular weight is 266 g/mol. The Morgan fingerprint density at radius 2 is 2.16 bits per heavy atom. The molecule has 1 unspecified atom stereocenters. The number of carbonyl (C=O) groups is 2. The Morgan fingerprint density at radius 3 is 2.68 bits per heavy atom. The number of nitrogens with two attached hydrogens (primary N) is 1. The third-order valence-electron chi connectivity index (χ3n) is 3.57. The Morgan fingerprint density at radius 1 is 1.47 bits per heavy atom. The number of rotatable bonds is 3. The van der Waals surface area contributed by atoms with E-state index in [1.165, 1.54) is 6.07 Å². The fourth-order valence-electron chi connectivity index (χ4n) is 2.36. The first-order valence-corrected chi connectivity index (χ1v) is 5.92. The predicted molar refractivity (Wildman–Crippen MR) is 67.5 cm³/mol. The van der Waals surface area contributed by atoms with Crippen LogP contribution in [0, 0.1) is 11.2 Å². The van der Waals surface area contributed by atoms with Gasteiger partial charge in [-0.15, -0.1) is 0 Å². The molecule has 1 fully saturated rings. The topological polar surface area (TPSA) is 83.6 Å². The van der Waals surface area contributed by atoms with Crippen LogP contribution in [0.5, 0.6) is 0 Å². The molecule has 1 amide bonds. The molecule has 2 rings (SSSR count). The van der Waals surface area contributed by atoms with E-state index in [-0.39, 0.29) is 12.1 Å². The molecule has 0 aromatic heterocycles. The monoisotopic (exact) mass is 266 g/mol. The van der Waals surface area contributed by atoms with Crippen LogP contribution in [-0.2, 0) is 4.79 Å². The van der Waals surface area contributed by atoms with E-state index in [9.17, 15) is 19.1 Å². The summed E-state index contributed by atoms with van der Waals surface area (Å²) in [5, 5.41) is 9.18. The Kier molecular flexibility index (Phi) is 3.18. The summed E-state index contributed by atoms with van der Waals surface area (Å²) in [6.07, 6.45) is 0.442. The maximum Gasteiger partial charge on any atom is 0.311 e. The van der Waals surface area contributed by atoms with Crippen LogP contribution >= 0.6 is 0 Å². The van der Waals surface area contributed by atoms with Crippen molar-refractivity contribution in [3.8, 4) is 0 Å². The maximum absolute atomic E-state index is 13.7. The van der Waals surface area contributed by atoms with E-state index in [1.807, 2.05) is 0 Å². The summed E-state index contributed by atoms with van der Waals surface area (Å²) in [6.45, 7) is 2.32. The summed E-state index contributed by atoms with van der Waals surface area (Å²) in [7, 11) is 0. The van der Waals surface area contributed by atoms with Gasteiger partial charge in [0, 0.05) is 13.1 Å². The van der Waals surface area contributed by atoms with Crippen LogP contribution in [0.3, 0.4) is 0 Å². The number of aliphatic carboxylic acids is 1. The van der Waals surface area contributed by atoms with Crippen molar-refractivity contribution in [1.29, 1.82) is 0 Å². The van der Waals surface area contributed by atoms with Gasteiger partial charge in [0.1, 0.15) is 5.82 Å². The van der Waals surface area contributed by atoms with Crippen LogP contribution in [0.2, 0.25) is 0 Å². The summed E-state index contributed by atoms with van der Waals surface area (Å²) >= 11 is 0. The number of amides is 1. The number of halogens is 1. The van der Waals surface area contributed by atoms with Crippen molar-refractivity contribution in [3.63, 3.8) is 0 Å². The number of hydrogen-bond donors (Lipinski definition) is 2. The lowest BCUT2D eigenvalue weighted by molar-refractivity contribution is -0.146. The molecule has 1 aromatic rings. The van der Waals surface area contributed by atoms with Gasteiger partial charge in [-0.25, -0.2) is 4.39 Å². The van der Waals surface area contributed by atoms with Crippen LogP contribution in [0.1, 0.15) is 23.7 Å². The molecule has 0 spiro atoms. The Bertz CT molecular complexity index is 547. The summed E-state index contributed by atoms with van der Waals surface area (Å²) < 4.78 is 13.7. The number of carboxylic acid groups (broad SMARTS) is 1. The van der Waals surface area contributed by atoms with E-state index < -0.39 is 23.1 Å². The smallest absolute Gasteiger partial charge is 0.311 e. The molecule has 19 heavy (non-hydrogen) atoms. The van der Waals surface area contributed by atoms with Crippen molar-refractivity contribution in [1.82, 2.24) is 0 Å². The van der Waals surface area contributed by atoms with E-state index in [2.05, 4.69) is 0 Å².